The number of nitrogens with one attached hydrogen (secondary N) is 1. The van der Waals surface area contributed by atoms with Crippen molar-refractivity contribution in [2.45, 2.75) is 45.2 Å². The molecule has 2 unspecified atom stereocenters. The van der Waals surface area contributed by atoms with E-state index < -0.39 is 17.4 Å². The number of nitrogens with zero attached hydrogens (tertiary/aromatic N) is 5. The molecule has 10 heteroatoms. The van der Waals surface area contributed by atoms with Crippen LogP contribution >= 0.6 is 0 Å². The highest BCUT2D eigenvalue weighted by Gasteiger charge is 2.63. The summed E-state index contributed by atoms with van der Waals surface area (Å²) in [6, 6.07) is 7.90. The normalized spacial score (nSPS) is 20.2. The molecule has 2 saturated heterocycles. The van der Waals surface area contributed by atoms with Crippen LogP contribution in [0, 0.1) is 22.7 Å². The molecule has 3 atom stereocenters. The van der Waals surface area contributed by atoms with Crippen LogP contribution in [-0.2, 0) is 14.3 Å². The fourth-order valence-electron chi connectivity index (χ4n) is 5.11. The van der Waals surface area contributed by atoms with Gasteiger partial charge in [-0.1, -0.05) is 26.3 Å². The van der Waals surface area contributed by atoms with E-state index in [0.29, 0.717) is 43.6 Å². The van der Waals surface area contributed by atoms with E-state index in [-0.39, 0.29) is 23.9 Å². The van der Waals surface area contributed by atoms with Gasteiger partial charge < -0.3 is 19.9 Å². The second-order valence-electron chi connectivity index (χ2n) is 9.35. The highest BCUT2D eigenvalue weighted by molar-refractivity contribution is 6.06. The lowest BCUT2D eigenvalue weighted by molar-refractivity contribution is -0.144. The number of hydrogen-bond acceptors (Lipinski definition) is 7. The van der Waals surface area contributed by atoms with Gasteiger partial charge in [-0.3, -0.25) is 14.8 Å². The van der Waals surface area contributed by atoms with Crippen molar-refractivity contribution in [1.29, 1.82) is 5.26 Å². The minimum absolute atomic E-state index is 0.0675. The molecule has 0 radical (unpaired) electrons. The molecule has 2 aliphatic rings. The maximum absolute atomic E-state index is 13.6. The summed E-state index contributed by atoms with van der Waals surface area (Å²) in [6.45, 7) is 4.56. The van der Waals surface area contributed by atoms with Crippen molar-refractivity contribution in [1.82, 2.24) is 20.2 Å². The largest absolute Gasteiger partial charge is 0.467 e. The summed E-state index contributed by atoms with van der Waals surface area (Å²) < 4.78 is 4.88. The second-order valence-corrected chi connectivity index (χ2v) is 9.35. The average molecular weight is 491 g/mol. The number of β-lactam (4-membered cyclic amide) rings is 1. The van der Waals surface area contributed by atoms with Crippen molar-refractivity contribution in [3.8, 4) is 6.07 Å². The Morgan fingerprint density at radius 2 is 2.06 bits per heavy atom. The molecule has 2 aromatic rings. The number of carbonyl (C=O) groups excluding carboxylic acids is 3. The number of likely N-dealkylation sites (tertiary alicyclic amines) is 1. The summed E-state index contributed by atoms with van der Waals surface area (Å²) in [7, 11) is 1.31. The first-order valence-electron chi connectivity index (χ1n) is 12.1. The van der Waals surface area contributed by atoms with Gasteiger partial charge in [0.05, 0.1) is 41.7 Å². The third-order valence-corrected chi connectivity index (χ3v) is 7.42. The molecule has 0 bridgehead atoms. The van der Waals surface area contributed by atoms with Gasteiger partial charge in [0.25, 0.3) is 0 Å². The predicted octanol–water partition coefficient (Wildman–Crippen LogP) is 2.82. The second kappa shape index (κ2) is 10.3. The van der Waals surface area contributed by atoms with E-state index in [9.17, 15) is 19.6 Å². The number of ether oxygens (including phenoxy) is 1. The number of carbonyl (C=O) groups is 3. The Balaban J connectivity index is 1.54. The first-order chi connectivity index (χ1) is 17.4. The van der Waals surface area contributed by atoms with Crippen molar-refractivity contribution in [2.75, 3.05) is 25.1 Å². The number of esters is 1. The third-order valence-electron chi connectivity index (χ3n) is 7.42. The lowest BCUT2D eigenvalue weighted by Gasteiger charge is -2.58. The maximum Gasteiger partial charge on any atom is 0.328 e. The Bertz CT molecular complexity index is 1170. The van der Waals surface area contributed by atoms with Gasteiger partial charge >= 0.3 is 12.0 Å². The lowest BCUT2D eigenvalue weighted by Crippen LogP contribution is -2.67. The van der Waals surface area contributed by atoms with E-state index in [0.717, 1.165) is 5.69 Å². The Kier molecular flexibility index (Phi) is 7.20. The quantitative estimate of drug-likeness (QED) is 0.487. The highest BCUT2D eigenvalue weighted by atomic mass is 16.5. The summed E-state index contributed by atoms with van der Waals surface area (Å²) in [5.74, 6) is -0.618. The third kappa shape index (κ3) is 4.37. The number of aromatic nitrogens is 2. The van der Waals surface area contributed by atoms with Crippen LogP contribution in [0.3, 0.4) is 0 Å². The number of urea groups is 1. The fraction of sp³-hybridized carbons (Fsp3) is 0.462. The fourth-order valence-corrected chi connectivity index (χ4v) is 5.11. The Labute approximate surface area is 210 Å². The molecule has 0 saturated carbocycles. The summed E-state index contributed by atoms with van der Waals surface area (Å²) in [5.41, 5.74) is 0.954. The molecular formula is C26H30N6O4. The van der Waals surface area contributed by atoms with Crippen LogP contribution in [0.15, 0.2) is 42.9 Å². The Morgan fingerprint density at radius 1 is 1.31 bits per heavy atom. The van der Waals surface area contributed by atoms with Crippen LogP contribution in [0.2, 0.25) is 0 Å². The molecule has 10 nitrogen and oxygen atoms in total. The number of piperidine rings is 1. The van der Waals surface area contributed by atoms with E-state index in [4.69, 9.17) is 4.74 Å². The zero-order valence-electron chi connectivity index (χ0n) is 20.7. The number of hydrogen-bond donors (Lipinski definition) is 1. The molecule has 3 amide bonds. The average Bonchev–Trinajstić information content (AvgIpc) is 2.93. The summed E-state index contributed by atoms with van der Waals surface area (Å²) in [6.07, 6.45) is 6.34. The van der Waals surface area contributed by atoms with Crippen LogP contribution in [-0.4, -0.2) is 59.0 Å². The molecule has 2 aliphatic heterocycles. The SMILES string of the molecule is CCC(C)[C@H](NC(=O)N1CCC2(CC1)C(=O)N(c1cncc(C#N)c1)C2c1ccccn1)C(=O)OC. The van der Waals surface area contributed by atoms with Crippen molar-refractivity contribution in [3.63, 3.8) is 0 Å². The standard InChI is InChI=1S/C26H30N6O4/c1-4-17(2)21(23(33)36-3)30-25(35)31-11-8-26(9-12-31)22(20-7-5-6-10-29-20)32(24(26)34)19-13-18(14-27)15-28-16-19/h5-7,10,13,15-17,21-22H,4,8-9,11-12H2,1-3H3,(H,30,35)/t17?,21-,22?/m0/s1. The van der Waals surface area contributed by atoms with Crippen LogP contribution < -0.4 is 10.2 Å². The number of amides is 3. The summed E-state index contributed by atoms with van der Waals surface area (Å²) in [4.78, 5) is 50.8. The van der Waals surface area contributed by atoms with Gasteiger partial charge in [-0.2, -0.15) is 5.26 Å². The molecule has 0 aromatic carbocycles. The molecule has 1 spiro atoms. The van der Waals surface area contributed by atoms with Gasteiger partial charge in [0.2, 0.25) is 5.91 Å². The van der Waals surface area contributed by atoms with Crippen LogP contribution in [0.5, 0.6) is 0 Å². The Hall–Kier alpha value is -4.00. The minimum atomic E-state index is -0.731. The molecule has 0 aliphatic carbocycles. The smallest absolute Gasteiger partial charge is 0.328 e. The van der Waals surface area contributed by atoms with E-state index in [1.165, 1.54) is 13.3 Å². The lowest BCUT2D eigenvalue weighted by atomic mass is 9.63. The number of rotatable bonds is 6. The summed E-state index contributed by atoms with van der Waals surface area (Å²) >= 11 is 0. The van der Waals surface area contributed by atoms with E-state index in [1.54, 1.807) is 28.3 Å². The molecule has 4 heterocycles. The van der Waals surface area contributed by atoms with E-state index in [2.05, 4.69) is 21.4 Å². The van der Waals surface area contributed by atoms with Gasteiger partial charge in [0.1, 0.15) is 12.1 Å². The number of anilines is 1. The van der Waals surface area contributed by atoms with Crippen molar-refractivity contribution in [2.24, 2.45) is 11.3 Å². The van der Waals surface area contributed by atoms with Crippen molar-refractivity contribution < 1.29 is 19.1 Å². The van der Waals surface area contributed by atoms with Crippen molar-refractivity contribution in [3.05, 3.63) is 54.1 Å². The van der Waals surface area contributed by atoms with E-state index in [1.807, 2.05) is 32.0 Å². The Morgan fingerprint density at radius 3 is 2.67 bits per heavy atom. The molecule has 2 fully saturated rings. The molecule has 1 N–H and O–H groups in total. The summed E-state index contributed by atoms with van der Waals surface area (Å²) in [5, 5.41) is 12.1. The van der Waals surface area contributed by atoms with Gasteiger partial charge in [0, 0.05) is 25.5 Å². The van der Waals surface area contributed by atoms with E-state index >= 15 is 0 Å². The highest BCUT2D eigenvalue weighted by Crippen LogP contribution is 2.57. The monoisotopic (exact) mass is 490 g/mol. The molecule has 4 rings (SSSR count). The first-order valence-corrected chi connectivity index (χ1v) is 12.1. The van der Waals surface area contributed by atoms with Crippen LogP contribution in [0.4, 0.5) is 10.5 Å². The number of methoxy groups -OCH3 is 1. The van der Waals surface area contributed by atoms with Gasteiger partial charge in [-0.25, -0.2) is 9.59 Å². The maximum atomic E-state index is 13.6. The predicted molar refractivity (Wildman–Crippen MR) is 130 cm³/mol. The zero-order chi connectivity index (χ0) is 25.9. The molecule has 36 heavy (non-hydrogen) atoms. The zero-order valence-corrected chi connectivity index (χ0v) is 20.7. The van der Waals surface area contributed by atoms with Crippen molar-refractivity contribution >= 4 is 23.6 Å². The molecular weight excluding hydrogens is 460 g/mol. The minimum Gasteiger partial charge on any atom is -0.467 e. The van der Waals surface area contributed by atoms with Gasteiger partial charge in [-0.15, -0.1) is 0 Å². The van der Waals surface area contributed by atoms with Gasteiger partial charge in [0.15, 0.2) is 0 Å². The van der Waals surface area contributed by atoms with Gasteiger partial charge in [-0.05, 0) is 37.0 Å². The topological polar surface area (TPSA) is 129 Å². The first kappa shape index (κ1) is 25.1. The van der Waals surface area contributed by atoms with Crippen LogP contribution in [0.25, 0.3) is 0 Å². The molecule has 188 valence electrons. The van der Waals surface area contributed by atoms with Crippen LogP contribution in [0.1, 0.15) is 50.4 Å². The number of nitriles is 1. The molecule has 2 aromatic heterocycles. The number of pyridine rings is 2.